The summed E-state index contributed by atoms with van der Waals surface area (Å²) in [5.74, 6) is -0.0368. The number of aryl methyl sites for hydroxylation is 1. The number of esters is 1. The quantitative estimate of drug-likeness (QED) is 0.585. The zero-order valence-electron chi connectivity index (χ0n) is 15.6. The lowest BCUT2D eigenvalue weighted by molar-refractivity contribution is 0.0429. The van der Waals surface area contributed by atoms with Crippen molar-refractivity contribution in [2.75, 3.05) is 14.1 Å². The van der Waals surface area contributed by atoms with E-state index in [0.717, 1.165) is 15.4 Å². The van der Waals surface area contributed by atoms with E-state index in [1.807, 2.05) is 31.2 Å². The summed E-state index contributed by atoms with van der Waals surface area (Å²) in [5, 5.41) is 3.90. The van der Waals surface area contributed by atoms with Crippen molar-refractivity contribution >= 4 is 16.0 Å². The van der Waals surface area contributed by atoms with Gasteiger partial charge in [-0.05, 0) is 36.8 Å². The van der Waals surface area contributed by atoms with Crippen molar-refractivity contribution in [2.45, 2.75) is 18.4 Å². The highest BCUT2D eigenvalue weighted by Crippen LogP contribution is 2.20. The van der Waals surface area contributed by atoms with Crippen LogP contribution in [0.15, 0.2) is 57.9 Å². The number of nitrogens with zero attached hydrogens (tertiary/aromatic N) is 3. The Kier molecular flexibility index (Phi) is 5.57. The largest absolute Gasteiger partial charge is 0.452 e. The van der Waals surface area contributed by atoms with Gasteiger partial charge < -0.3 is 9.26 Å². The molecule has 2 aromatic carbocycles. The fourth-order valence-corrected chi connectivity index (χ4v) is 3.33. The van der Waals surface area contributed by atoms with Crippen molar-refractivity contribution in [1.29, 1.82) is 0 Å². The van der Waals surface area contributed by atoms with Crippen LogP contribution in [0.3, 0.4) is 0 Å². The first-order chi connectivity index (χ1) is 13.3. The zero-order chi connectivity index (χ0) is 20.3. The molecule has 0 aliphatic carbocycles. The van der Waals surface area contributed by atoms with Crippen molar-refractivity contribution < 1.29 is 22.5 Å². The molecule has 3 aromatic rings. The Bertz CT molecular complexity index is 1090. The minimum atomic E-state index is -3.55. The normalized spacial score (nSPS) is 11.6. The average Bonchev–Trinajstić information content (AvgIpc) is 3.15. The summed E-state index contributed by atoms with van der Waals surface area (Å²) in [6.45, 7) is 1.75. The number of ether oxygens (including phenoxy) is 1. The second-order valence-electron chi connectivity index (χ2n) is 6.21. The predicted molar refractivity (Wildman–Crippen MR) is 101 cm³/mol. The minimum absolute atomic E-state index is 0.0915. The Labute approximate surface area is 162 Å². The molecule has 0 unspecified atom stereocenters. The molecule has 0 aliphatic rings. The molecule has 28 heavy (non-hydrogen) atoms. The highest BCUT2D eigenvalue weighted by Gasteiger charge is 2.18. The van der Waals surface area contributed by atoms with Gasteiger partial charge in [0.25, 0.3) is 5.89 Å². The topological polar surface area (TPSA) is 103 Å². The van der Waals surface area contributed by atoms with E-state index in [0.29, 0.717) is 5.82 Å². The van der Waals surface area contributed by atoms with Gasteiger partial charge in [-0.25, -0.2) is 17.5 Å². The van der Waals surface area contributed by atoms with Crippen molar-refractivity contribution in [3.8, 4) is 11.4 Å². The smallest absolute Gasteiger partial charge is 0.338 e. The standard InChI is InChI=1S/C19H19N3O5S/c1-13-6-4-5-7-16(13)18-20-17(27-21-18)12-26-19(23)14-8-10-15(11-9-14)28(24,25)22(2)3/h4-11H,12H2,1-3H3. The fraction of sp³-hybridized carbons (Fsp3) is 0.211. The van der Waals surface area contributed by atoms with Gasteiger partial charge in [0.15, 0.2) is 6.61 Å². The van der Waals surface area contributed by atoms with Gasteiger partial charge in [-0.1, -0.05) is 29.4 Å². The molecule has 0 aliphatic heterocycles. The molecule has 0 saturated carbocycles. The summed E-state index contributed by atoms with van der Waals surface area (Å²) in [7, 11) is -0.679. The van der Waals surface area contributed by atoms with E-state index in [4.69, 9.17) is 9.26 Å². The summed E-state index contributed by atoms with van der Waals surface area (Å²) in [5.41, 5.74) is 2.05. The van der Waals surface area contributed by atoms with E-state index in [-0.39, 0.29) is 23.0 Å². The van der Waals surface area contributed by atoms with Crippen molar-refractivity contribution in [3.05, 3.63) is 65.5 Å². The van der Waals surface area contributed by atoms with E-state index in [2.05, 4.69) is 10.1 Å². The predicted octanol–water partition coefficient (Wildman–Crippen LogP) is 2.65. The molecule has 0 radical (unpaired) electrons. The molecule has 8 nitrogen and oxygen atoms in total. The molecule has 1 aromatic heterocycles. The Morgan fingerprint density at radius 2 is 1.79 bits per heavy atom. The molecule has 0 saturated heterocycles. The maximum Gasteiger partial charge on any atom is 0.338 e. The zero-order valence-corrected chi connectivity index (χ0v) is 16.4. The third-order valence-corrected chi connectivity index (χ3v) is 5.88. The fourth-order valence-electron chi connectivity index (χ4n) is 2.43. The van der Waals surface area contributed by atoms with Crippen LogP contribution in [0.25, 0.3) is 11.4 Å². The first kappa shape index (κ1) is 19.7. The van der Waals surface area contributed by atoms with E-state index >= 15 is 0 Å². The number of sulfonamides is 1. The average molecular weight is 401 g/mol. The summed E-state index contributed by atoms with van der Waals surface area (Å²) >= 11 is 0. The molecule has 3 rings (SSSR count). The van der Waals surface area contributed by atoms with Gasteiger partial charge in [0.2, 0.25) is 15.8 Å². The van der Waals surface area contributed by atoms with Gasteiger partial charge in [0, 0.05) is 19.7 Å². The molecular formula is C19H19N3O5S. The number of rotatable bonds is 6. The van der Waals surface area contributed by atoms with Crippen LogP contribution in [0, 0.1) is 6.92 Å². The lowest BCUT2D eigenvalue weighted by atomic mass is 10.1. The van der Waals surface area contributed by atoms with E-state index in [1.54, 1.807) is 0 Å². The molecule has 9 heteroatoms. The first-order valence-corrected chi connectivity index (χ1v) is 9.81. The van der Waals surface area contributed by atoms with Crippen molar-refractivity contribution in [2.24, 2.45) is 0 Å². The van der Waals surface area contributed by atoms with Gasteiger partial charge in [-0.2, -0.15) is 4.98 Å². The second kappa shape index (κ2) is 7.91. The molecule has 0 N–H and O–H groups in total. The van der Waals surface area contributed by atoms with Crippen LogP contribution in [-0.2, 0) is 21.4 Å². The summed E-state index contributed by atoms with van der Waals surface area (Å²) in [6.07, 6.45) is 0. The minimum Gasteiger partial charge on any atom is -0.452 e. The Morgan fingerprint density at radius 3 is 2.43 bits per heavy atom. The molecule has 0 spiro atoms. The third kappa shape index (κ3) is 4.10. The highest BCUT2D eigenvalue weighted by molar-refractivity contribution is 7.89. The van der Waals surface area contributed by atoms with Crippen LogP contribution in [0.5, 0.6) is 0 Å². The third-order valence-electron chi connectivity index (χ3n) is 4.05. The lowest BCUT2D eigenvalue weighted by Crippen LogP contribution is -2.22. The first-order valence-electron chi connectivity index (χ1n) is 8.37. The van der Waals surface area contributed by atoms with Crippen LogP contribution >= 0.6 is 0 Å². The van der Waals surface area contributed by atoms with Crippen LogP contribution in [0.4, 0.5) is 0 Å². The van der Waals surface area contributed by atoms with Crippen LogP contribution in [-0.4, -0.2) is 42.9 Å². The Balaban J connectivity index is 1.66. The number of carbonyl (C=O) groups is 1. The van der Waals surface area contributed by atoms with Gasteiger partial charge >= 0.3 is 5.97 Å². The van der Waals surface area contributed by atoms with Gasteiger partial charge in [0.1, 0.15) is 0 Å². The van der Waals surface area contributed by atoms with E-state index in [1.165, 1.54) is 38.4 Å². The van der Waals surface area contributed by atoms with E-state index < -0.39 is 16.0 Å². The van der Waals surface area contributed by atoms with Crippen molar-refractivity contribution in [3.63, 3.8) is 0 Å². The molecule has 0 amide bonds. The highest BCUT2D eigenvalue weighted by atomic mass is 32.2. The lowest BCUT2D eigenvalue weighted by Gasteiger charge is -2.11. The van der Waals surface area contributed by atoms with Gasteiger partial charge in [-0.15, -0.1) is 0 Å². The molecule has 0 fully saturated rings. The Hall–Kier alpha value is -3.04. The van der Waals surface area contributed by atoms with Crippen LogP contribution in [0.2, 0.25) is 0 Å². The summed E-state index contributed by atoms with van der Waals surface area (Å²) in [6, 6.07) is 13.1. The Morgan fingerprint density at radius 1 is 1.11 bits per heavy atom. The van der Waals surface area contributed by atoms with Gasteiger partial charge in [-0.3, -0.25) is 0 Å². The number of hydrogen-bond donors (Lipinski definition) is 0. The molecular weight excluding hydrogens is 382 g/mol. The maximum atomic E-state index is 12.2. The second-order valence-corrected chi connectivity index (χ2v) is 8.37. The van der Waals surface area contributed by atoms with Crippen molar-refractivity contribution in [1.82, 2.24) is 14.4 Å². The molecule has 1 heterocycles. The number of benzene rings is 2. The monoisotopic (exact) mass is 401 g/mol. The number of hydrogen-bond acceptors (Lipinski definition) is 7. The summed E-state index contributed by atoms with van der Waals surface area (Å²) < 4.78 is 35.5. The molecule has 0 bridgehead atoms. The van der Waals surface area contributed by atoms with E-state index in [9.17, 15) is 13.2 Å². The number of aromatic nitrogens is 2. The SMILES string of the molecule is Cc1ccccc1-c1noc(COC(=O)c2ccc(S(=O)(=O)N(C)C)cc2)n1. The van der Waals surface area contributed by atoms with Gasteiger partial charge in [0.05, 0.1) is 10.5 Å². The summed E-state index contributed by atoms with van der Waals surface area (Å²) in [4.78, 5) is 16.5. The van der Waals surface area contributed by atoms with Crippen LogP contribution in [0.1, 0.15) is 21.8 Å². The van der Waals surface area contributed by atoms with Crippen LogP contribution < -0.4 is 0 Å². The molecule has 146 valence electrons. The maximum absolute atomic E-state index is 12.2. The number of carbonyl (C=O) groups excluding carboxylic acids is 1. The molecule has 0 atom stereocenters.